The van der Waals surface area contributed by atoms with Crippen LogP contribution in [0.5, 0.6) is 5.75 Å². The first-order valence-corrected chi connectivity index (χ1v) is 7.36. The number of hydrogen-bond acceptors (Lipinski definition) is 4. The van der Waals surface area contributed by atoms with Crippen molar-refractivity contribution >= 4 is 50.3 Å². The number of fused-ring (bicyclic) bond motifs is 1. The molecular formula is C12H9BrClN3OS. The number of rotatable bonds is 2. The molecule has 0 unspecified atom stereocenters. The minimum absolute atomic E-state index is 0.569. The van der Waals surface area contributed by atoms with Gasteiger partial charge < -0.3 is 10.5 Å². The minimum Gasteiger partial charge on any atom is -0.493 e. The highest BCUT2D eigenvalue weighted by atomic mass is 79.9. The van der Waals surface area contributed by atoms with Gasteiger partial charge in [-0.2, -0.15) is 0 Å². The summed E-state index contributed by atoms with van der Waals surface area (Å²) < 4.78 is 8.62. The van der Waals surface area contributed by atoms with E-state index >= 15 is 0 Å². The maximum atomic E-state index is 6.15. The Bertz CT molecular complexity index is 748. The maximum absolute atomic E-state index is 6.15. The van der Waals surface area contributed by atoms with Crippen LogP contribution in [-0.2, 0) is 0 Å². The van der Waals surface area contributed by atoms with Gasteiger partial charge in [-0.25, -0.2) is 4.98 Å². The summed E-state index contributed by atoms with van der Waals surface area (Å²) in [7, 11) is 1.61. The molecule has 0 aliphatic heterocycles. The van der Waals surface area contributed by atoms with Crippen LogP contribution >= 0.6 is 38.9 Å². The van der Waals surface area contributed by atoms with Crippen molar-refractivity contribution in [2.45, 2.75) is 0 Å². The molecule has 0 fully saturated rings. The molecule has 3 heterocycles. The second-order valence-electron chi connectivity index (χ2n) is 3.85. The number of nitrogens with zero attached hydrogens (tertiary/aromatic N) is 2. The van der Waals surface area contributed by atoms with Crippen molar-refractivity contribution < 1.29 is 4.74 Å². The Kier molecular flexibility index (Phi) is 3.16. The van der Waals surface area contributed by atoms with Crippen molar-refractivity contribution in [3.05, 3.63) is 33.2 Å². The van der Waals surface area contributed by atoms with Gasteiger partial charge in [0, 0.05) is 10.7 Å². The van der Waals surface area contributed by atoms with Gasteiger partial charge in [0.25, 0.3) is 0 Å². The van der Waals surface area contributed by atoms with Crippen LogP contribution in [0.3, 0.4) is 0 Å². The average molecular weight is 359 g/mol. The number of nitrogen functional groups attached to an aromatic ring is 1. The summed E-state index contributed by atoms with van der Waals surface area (Å²) in [5.74, 6) is 1.25. The molecule has 0 amide bonds. The first-order chi connectivity index (χ1) is 9.11. The van der Waals surface area contributed by atoms with Crippen molar-refractivity contribution in [2.24, 2.45) is 0 Å². The smallest absolute Gasteiger partial charge is 0.181 e. The van der Waals surface area contributed by atoms with Crippen LogP contribution in [0.2, 0.25) is 4.34 Å². The van der Waals surface area contributed by atoms with Crippen molar-refractivity contribution in [2.75, 3.05) is 12.8 Å². The summed E-state index contributed by atoms with van der Waals surface area (Å²) in [4.78, 5) is 5.47. The molecule has 0 radical (unpaired) electrons. The molecule has 0 aliphatic rings. The molecule has 19 heavy (non-hydrogen) atoms. The number of ether oxygens (including phenoxy) is 1. The van der Waals surface area contributed by atoms with E-state index in [-0.39, 0.29) is 0 Å². The van der Waals surface area contributed by atoms with Crippen LogP contribution in [-0.4, -0.2) is 16.5 Å². The number of methoxy groups -OCH3 is 1. The van der Waals surface area contributed by atoms with Gasteiger partial charge in [-0.1, -0.05) is 11.6 Å². The third kappa shape index (κ3) is 2.00. The Labute approximate surface area is 126 Å². The SMILES string of the molecule is COc1cccn2c(N)c(-c3cc(Br)c(Cl)s3)nc12. The Morgan fingerprint density at radius 2 is 2.32 bits per heavy atom. The van der Waals surface area contributed by atoms with Crippen molar-refractivity contribution in [3.8, 4) is 16.3 Å². The third-order valence-corrected chi connectivity index (χ3v) is 5.23. The zero-order valence-corrected chi connectivity index (χ0v) is 13.0. The van der Waals surface area contributed by atoms with Gasteiger partial charge in [0.2, 0.25) is 0 Å². The van der Waals surface area contributed by atoms with Crippen LogP contribution in [0.4, 0.5) is 5.82 Å². The van der Waals surface area contributed by atoms with E-state index in [1.165, 1.54) is 11.3 Å². The number of thiophene rings is 1. The standard InChI is InChI=1S/C12H9BrClN3OS/c1-18-7-3-2-4-17-11(15)9(16-12(7)17)8-5-6(13)10(14)19-8/h2-5H,15H2,1H3. The van der Waals surface area contributed by atoms with Crippen LogP contribution < -0.4 is 10.5 Å². The quantitative estimate of drug-likeness (QED) is 0.751. The number of anilines is 1. The van der Waals surface area contributed by atoms with Gasteiger partial charge in [0.05, 0.1) is 12.0 Å². The van der Waals surface area contributed by atoms with Gasteiger partial charge >= 0.3 is 0 Å². The molecule has 0 saturated heterocycles. The molecule has 3 rings (SSSR count). The Hall–Kier alpha value is -1.24. The lowest BCUT2D eigenvalue weighted by Gasteiger charge is -2.01. The molecular weight excluding hydrogens is 350 g/mol. The third-order valence-electron chi connectivity index (χ3n) is 2.75. The normalized spacial score (nSPS) is 11.1. The predicted molar refractivity (Wildman–Crippen MR) is 82.2 cm³/mol. The van der Waals surface area contributed by atoms with E-state index in [4.69, 9.17) is 22.1 Å². The molecule has 0 saturated carbocycles. The highest BCUT2D eigenvalue weighted by Gasteiger charge is 2.17. The topological polar surface area (TPSA) is 52.5 Å². The molecule has 2 N–H and O–H groups in total. The fourth-order valence-electron chi connectivity index (χ4n) is 1.86. The Balaban J connectivity index is 2.27. The second-order valence-corrected chi connectivity index (χ2v) is 6.36. The second kappa shape index (κ2) is 4.70. The summed E-state index contributed by atoms with van der Waals surface area (Å²) >= 11 is 10.9. The lowest BCUT2D eigenvalue weighted by Crippen LogP contribution is -1.94. The van der Waals surface area contributed by atoms with E-state index < -0.39 is 0 Å². The van der Waals surface area contributed by atoms with Gasteiger partial charge in [0.15, 0.2) is 11.4 Å². The number of aromatic nitrogens is 2. The minimum atomic E-state index is 0.569. The molecule has 3 aromatic heterocycles. The molecule has 7 heteroatoms. The fourth-order valence-corrected chi connectivity index (χ4v) is 3.57. The van der Waals surface area contributed by atoms with Gasteiger partial charge in [-0.05, 0) is 34.1 Å². The van der Waals surface area contributed by atoms with E-state index in [1.807, 2.05) is 24.4 Å². The van der Waals surface area contributed by atoms with Crippen molar-refractivity contribution in [3.63, 3.8) is 0 Å². The highest BCUT2D eigenvalue weighted by Crippen LogP contribution is 2.40. The highest BCUT2D eigenvalue weighted by molar-refractivity contribution is 9.10. The molecule has 0 aliphatic carbocycles. The molecule has 3 aromatic rings. The molecule has 0 bridgehead atoms. The van der Waals surface area contributed by atoms with Crippen LogP contribution in [0, 0.1) is 0 Å². The zero-order chi connectivity index (χ0) is 13.6. The van der Waals surface area contributed by atoms with E-state index in [2.05, 4.69) is 20.9 Å². The fraction of sp³-hybridized carbons (Fsp3) is 0.0833. The van der Waals surface area contributed by atoms with E-state index in [0.29, 0.717) is 27.2 Å². The lowest BCUT2D eigenvalue weighted by atomic mass is 10.3. The van der Waals surface area contributed by atoms with E-state index in [9.17, 15) is 0 Å². The van der Waals surface area contributed by atoms with Crippen LogP contribution in [0.1, 0.15) is 0 Å². The molecule has 0 aromatic carbocycles. The zero-order valence-electron chi connectivity index (χ0n) is 9.85. The van der Waals surface area contributed by atoms with E-state index in [0.717, 1.165) is 9.35 Å². The van der Waals surface area contributed by atoms with Gasteiger partial charge in [-0.3, -0.25) is 4.40 Å². The maximum Gasteiger partial charge on any atom is 0.181 e. The summed E-state index contributed by atoms with van der Waals surface area (Å²) in [5, 5.41) is 0. The number of hydrogen-bond donors (Lipinski definition) is 1. The molecule has 0 atom stereocenters. The predicted octanol–water partition coefficient (Wildman–Crippen LogP) is 4.07. The van der Waals surface area contributed by atoms with Crippen molar-refractivity contribution in [1.29, 1.82) is 0 Å². The monoisotopic (exact) mass is 357 g/mol. The summed E-state index contributed by atoms with van der Waals surface area (Å²) in [6.07, 6.45) is 1.86. The Morgan fingerprint density at radius 1 is 1.53 bits per heavy atom. The first kappa shape index (κ1) is 12.8. The first-order valence-electron chi connectivity index (χ1n) is 5.37. The van der Waals surface area contributed by atoms with Crippen LogP contribution in [0.15, 0.2) is 28.9 Å². The number of nitrogens with two attached hydrogens (primary N) is 1. The number of pyridine rings is 1. The van der Waals surface area contributed by atoms with E-state index in [1.54, 1.807) is 11.5 Å². The van der Waals surface area contributed by atoms with Crippen LogP contribution in [0.25, 0.3) is 16.2 Å². The average Bonchev–Trinajstić information content (AvgIpc) is 2.91. The van der Waals surface area contributed by atoms with Crippen molar-refractivity contribution in [1.82, 2.24) is 9.38 Å². The van der Waals surface area contributed by atoms with Gasteiger partial charge in [-0.15, -0.1) is 11.3 Å². The summed E-state index contributed by atoms with van der Waals surface area (Å²) in [6.45, 7) is 0. The molecule has 0 spiro atoms. The number of halogens is 2. The molecule has 4 nitrogen and oxygen atoms in total. The lowest BCUT2D eigenvalue weighted by molar-refractivity contribution is 0.417. The largest absolute Gasteiger partial charge is 0.493 e. The Morgan fingerprint density at radius 3 is 2.95 bits per heavy atom. The summed E-state index contributed by atoms with van der Waals surface area (Å²) in [6, 6.07) is 5.63. The van der Waals surface area contributed by atoms with Gasteiger partial charge in [0.1, 0.15) is 15.8 Å². The molecule has 98 valence electrons. The number of imidazole rings is 1. The summed E-state index contributed by atoms with van der Waals surface area (Å²) in [5.41, 5.74) is 7.55.